The van der Waals surface area contributed by atoms with Gasteiger partial charge >= 0.3 is 0 Å². The molecule has 0 saturated heterocycles. The molecule has 2 aromatic heterocycles. The number of aryl methyl sites for hydroxylation is 2. The molecule has 1 aliphatic carbocycles. The summed E-state index contributed by atoms with van der Waals surface area (Å²) in [7, 11) is 0. The second kappa shape index (κ2) is 21.8. The number of anilines is 3. The molecule has 0 fully saturated rings. The minimum atomic E-state index is 0.0523. The largest absolute Gasteiger partial charge is 0.311 e. The lowest BCUT2D eigenvalue weighted by Gasteiger charge is -2.33. The molecule has 0 N–H and O–H groups in total. The van der Waals surface area contributed by atoms with E-state index in [2.05, 4.69) is 231 Å². The first-order valence-electron chi connectivity index (χ1n) is 28.7. The fraction of sp³-hybridized carbons (Fsp3) is 0.260. The van der Waals surface area contributed by atoms with Crippen molar-refractivity contribution in [2.24, 2.45) is 0 Å². The first kappa shape index (κ1) is 49.7. The van der Waals surface area contributed by atoms with Gasteiger partial charge in [-0.1, -0.05) is 211 Å². The van der Waals surface area contributed by atoms with Crippen LogP contribution in [0.2, 0.25) is 0 Å². The molecule has 0 unspecified atom stereocenters. The maximum Gasteiger partial charge on any atom is 0.0541 e. The average molecular weight is 1010 g/mol. The summed E-state index contributed by atoms with van der Waals surface area (Å²) in [5.74, 6) is 0. The van der Waals surface area contributed by atoms with E-state index in [0.717, 1.165) is 17.1 Å². The van der Waals surface area contributed by atoms with E-state index in [9.17, 15) is 0 Å². The van der Waals surface area contributed by atoms with Crippen LogP contribution in [-0.2, 0) is 5.41 Å². The number of benzene rings is 9. The van der Waals surface area contributed by atoms with E-state index in [0.29, 0.717) is 0 Å². The lowest BCUT2D eigenvalue weighted by molar-refractivity contribution is 0.398. The van der Waals surface area contributed by atoms with Crippen molar-refractivity contribution >= 4 is 70.4 Å². The van der Waals surface area contributed by atoms with Crippen LogP contribution < -0.4 is 4.90 Å². The third kappa shape index (κ3) is 9.47. The van der Waals surface area contributed by atoms with Gasteiger partial charge in [0, 0.05) is 59.1 Å². The standard InChI is InChI=1S/C73H72N2S/c1-5-7-9-11-13-19-45-73(46-20-14-12-10-8-6-2)67-47-52(4)27-41-61(67)62-42-32-56(49-68(62)73)54-30-38-59(39-31-54)74(57-34-25-51(3)26-35-57)58-36-28-53(29-37-58)55-33-43-70-65(48-55)63-21-15-17-23-69(63)75(70)60-40-44-72-66(50-60)64-22-16-18-24-71(64)76-72/h15-18,21-44,47-50H,5-14,19-20,45-46H2,1-4H3. The van der Waals surface area contributed by atoms with Gasteiger partial charge in [0.25, 0.3) is 0 Å². The van der Waals surface area contributed by atoms with E-state index < -0.39 is 0 Å². The van der Waals surface area contributed by atoms with Gasteiger partial charge in [0.05, 0.1) is 11.0 Å². The number of hydrogen-bond donors (Lipinski definition) is 0. The van der Waals surface area contributed by atoms with E-state index in [1.54, 1.807) is 11.1 Å². The molecule has 2 nitrogen and oxygen atoms in total. The van der Waals surface area contributed by atoms with Crippen molar-refractivity contribution < 1.29 is 0 Å². The van der Waals surface area contributed by atoms with Gasteiger partial charge in [-0.25, -0.2) is 0 Å². The highest BCUT2D eigenvalue weighted by atomic mass is 32.1. The van der Waals surface area contributed by atoms with Crippen molar-refractivity contribution in [2.45, 2.75) is 123 Å². The van der Waals surface area contributed by atoms with E-state index in [1.807, 2.05) is 11.3 Å². The number of para-hydroxylation sites is 1. The Morgan fingerprint density at radius 3 is 1.55 bits per heavy atom. The summed E-state index contributed by atoms with van der Waals surface area (Å²) < 4.78 is 5.10. The summed E-state index contributed by atoms with van der Waals surface area (Å²) in [4.78, 5) is 2.41. The van der Waals surface area contributed by atoms with Gasteiger partial charge in [-0.2, -0.15) is 0 Å². The molecular weight excluding hydrogens is 937 g/mol. The number of fused-ring (bicyclic) bond motifs is 9. The van der Waals surface area contributed by atoms with Crippen LogP contribution >= 0.6 is 11.3 Å². The fourth-order valence-corrected chi connectivity index (χ4v) is 14.0. The lowest BCUT2D eigenvalue weighted by atomic mass is 9.70. The van der Waals surface area contributed by atoms with Crippen LogP contribution in [0, 0.1) is 13.8 Å². The second-order valence-electron chi connectivity index (χ2n) is 22.1. The Morgan fingerprint density at radius 2 is 0.882 bits per heavy atom. The first-order chi connectivity index (χ1) is 37.4. The zero-order valence-corrected chi connectivity index (χ0v) is 46.0. The number of aromatic nitrogens is 1. The van der Waals surface area contributed by atoms with Crippen LogP contribution in [-0.4, -0.2) is 4.57 Å². The Morgan fingerprint density at radius 1 is 0.382 bits per heavy atom. The Hall–Kier alpha value is -7.20. The van der Waals surface area contributed by atoms with Gasteiger partial charge in [0.1, 0.15) is 0 Å². The number of unbranched alkanes of at least 4 members (excludes halogenated alkanes) is 10. The van der Waals surface area contributed by atoms with E-state index in [4.69, 9.17) is 0 Å². The van der Waals surface area contributed by atoms with E-state index in [-0.39, 0.29) is 5.41 Å². The smallest absolute Gasteiger partial charge is 0.0541 e. The van der Waals surface area contributed by atoms with Crippen LogP contribution in [0.15, 0.2) is 194 Å². The Kier molecular flexibility index (Phi) is 14.2. The predicted molar refractivity (Wildman–Crippen MR) is 331 cm³/mol. The molecule has 1 aliphatic rings. The van der Waals surface area contributed by atoms with Gasteiger partial charge in [-0.05, 0) is 156 Å². The van der Waals surface area contributed by atoms with Crippen LogP contribution in [0.25, 0.3) is 81.0 Å². The van der Waals surface area contributed by atoms with E-state index in [1.165, 1.54) is 182 Å². The van der Waals surface area contributed by atoms with Crippen LogP contribution in [0.1, 0.15) is 126 Å². The zero-order valence-electron chi connectivity index (χ0n) is 45.2. The highest BCUT2D eigenvalue weighted by Gasteiger charge is 2.42. The molecule has 0 spiro atoms. The molecule has 0 saturated carbocycles. The maximum atomic E-state index is 2.60. The van der Waals surface area contributed by atoms with Crippen LogP contribution in [0.3, 0.4) is 0 Å². The molecule has 76 heavy (non-hydrogen) atoms. The molecule has 2 heterocycles. The molecule has 0 aliphatic heterocycles. The monoisotopic (exact) mass is 1010 g/mol. The molecule has 0 atom stereocenters. The van der Waals surface area contributed by atoms with Gasteiger partial charge in [0.2, 0.25) is 0 Å². The van der Waals surface area contributed by atoms with E-state index >= 15 is 0 Å². The molecule has 9 aromatic carbocycles. The minimum Gasteiger partial charge on any atom is -0.311 e. The Labute approximate surface area is 455 Å². The van der Waals surface area contributed by atoms with Gasteiger partial charge in [-0.3, -0.25) is 0 Å². The van der Waals surface area contributed by atoms with Crippen molar-refractivity contribution in [2.75, 3.05) is 4.90 Å². The van der Waals surface area contributed by atoms with Crippen molar-refractivity contribution in [3.05, 3.63) is 216 Å². The fourth-order valence-electron chi connectivity index (χ4n) is 12.9. The number of rotatable bonds is 20. The quantitative estimate of drug-likeness (QED) is 0.0691. The second-order valence-corrected chi connectivity index (χ2v) is 23.1. The zero-order chi connectivity index (χ0) is 51.6. The van der Waals surface area contributed by atoms with Crippen molar-refractivity contribution in [1.82, 2.24) is 4.57 Å². The summed E-state index contributed by atoms with van der Waals surface area (Å²) in [6, 6.07) is 73.9. The maximum absolute atomic E-state index is 2.60. The molecule has 3 heteroatoms. The van der Waals surface area contributed by atoms with Gasteiger partial charge in [-0.15, -0.1) is 11.3 Å². The SMILES string of the molecule is CCCCCCCCC1(CCCCCCCC)c2cc(C)ccc2-c2ccc(-c3ccc(N(c4ccc(C)cc4)c4ccc(-c5ccc6c(c5)c5ccccc5n6-c5ccc6sc7ccccc7c6c5)cc4)cc3)cc21. The van der Waals surface area contributed by atoms with Crippen molar-refractivity contribution in [3.63, 3.8) is 0 Å². The first-order valence-corrected chi connectivity index (χ1v) is 29.5. The predicted octanol–water partition coefficient (Wildman–Crippen LogP) is 22.3. The summed E-state index contributed by atoms with van der Waals surface area (Å²) >= 11 is 1.87. The topological polar surface area (TPSA) is 8.17 Å². The van der Waals surface area contributed by atoms with Crippen molar-refractivity contribution in [3.8, 4) is 39.1 Å². The molecule has 0 radical (unpaired) electrons. The number of thiophene rings is 1. The summed E-state index contributed by atoms with van der Waals surface area (Å²) in [5.41, 5.74) is 20.8. The normalized spacial score (nSPS) is 12.8. The lowest BCUT2D eigenvalue weighted by Crippen LogP contribution is -2.25. The summed E-state index contributed by atoms with van der Waals surface area (Å²) in [5, 5.41) is 5.17. The highest BCUT2D eigenvalue weighted by molar-refractivity contribution is 7.25. The van der Waals surface area contributed by atoms with Crippen LogP contribution in [0.5, 0.6) is 0 Å². The molecule has 12 rings (SSSR count). The summed E-state index contributed by atoms with van der Waals surface area (Å²) in [6.45, 7) is 9.11. The van der Waals surface area contributed by atoms with Gasteiger partial charge < -0.3 is 9.47 Å². The molecule has 0 bridgehead atoms. The third-order valence-corrected chi connectivity index (χ3v) is 18.1. The molecular formula is C73H72N2S. The average Bonchev–Trinajstić information content (AvgIpc) is 4.19. The molecule has 0 amide bonds. The van der Waals surface area contributed by atoms with Crippen molar-refractivity contribution in [1.29, 1.82) is 0 Å². The molecule has 11 aromatic rings. The molecule has 380 valence electrons. The highest BCUT2D eigenvalue weighted by Crippen LogP contribution is 2.55. The Bertz CT molecular complexity index is 3800. The number of nitrogens with zero attached hydrogens (tertiary/aromatic N) is 2. The number of hydrogen-bond acceptors (Lipinski definition) is 2. The third-order valence-electron chi connectivity index (χ3n) is 16.9. The van der Waals surface area contributed by atoms with Crippen LogP contribution in [0.4, 0.5) is 17.1 Å². The Balaban J connectivity index is 0.858. The summed E-state index contributed by atoms with van der Waals surface area (Å²) in [6.07, 6.45) is 18.4. The van der Waals surface area contributed by atoms with Gasteiger partial charge in [0.15, 0.2) is 0 Å². The minimum absolute atomic E-state index is 0.0523.